The lowest BCUT2D eigenvalue weighted by atomic mass is 10.1. The van der Waals surface area contributed by atoms with Gasteiger partial charge in [-0.2, -0.15) is 0 Å². The average Bonchev–Trinajstić information content (AvgIpc) is 2.42. The number of carbonyl (C=O) groups excluding carboxylic acids is 1. The molecule has 0 bridgehead atoms. The molecule has 0 aromatic heterocycles. The molecule has 0 fully saturated rings. The van der Waals surface area contributed by atoms with E-state index in [2.05, 4.69) is 5.32 Å². The Hall–Kier alpha value is -2.41. The lowest BCUT2D eigenvalue weighted by Crippen LogP contribution is -2.42. The van der Waals surface area contributed by atoms with E-state index >= 15 is 0 Å². The third-order valence-corrected chi connectivity index (χ3v) is 2.64. The molecule has 0 unspecified atom stereocenters. The molecule has 108 valence electrons. The molecule has 0 aliphatic rings. The molecule has 0 aliphatic heterocycles. The lowest BCUT2D eigenvalue weighted by Gasteiger charge is -2.08. The van der Waals surface area contributed by atoms with Crippen LogP contribution in [0.25, 0.3) is 0 Å². The second-order valence-corrected chi connectivity index (χ2v) is 4.25. The van der Waals surface area contributed by atoms with Crippen LogP contribution in [-0.2, 0) is 16.0 Å². The number of carboxylic acids is 2. The zero-order chi connectivity index (χ0) is 15.1. The Morgan fingerprint density at radius 2 is 1.75 bits per heavy atom. The molecule has 20 heavy (non-hydrogen) atoms. The summed E-state index contributed by atoms with van der Waals surface area (Å²) in [6.45, 7) is -0.158. The van der Waals surface area contributed by atoms with E-state index in [1.165, 1.54) is 0 Å². The Kier molecular flexibility index (Phi) is 5.67. The van der Waals surface area contributed by atoms with E-state index in [1.807, 2.05) is 0 Å². The van der Waals surface area contributed by atoms with Gasteiger partial charge in [0, 0.05) is 18.5 Å². The number of nitrogens with two attached hydrogens (primary N) is 1. The van der Waals surface area contributed by atoms with Gasteiger partial charge in [-0.3, -0.25) is 14.4 Å². The van der Waals surface area contributed by atoms with Crippen LogP contribution in [0.5, 0.6) is 0 Å². The first-order chi connectivity index (χ1) is 9.40. The van der Waals surface area contributed by atoms with Crippen LogP contribution >= 0.6 is 0 Å². The Morgan fingerprint density at radius 3 is 2.25 bits per heavy atom. The fourth-order valence-electron chi connectivity index (χ4n) is 1.47. The van der Waals surface area contributed by atoms with Crippen LogP contribution < -0.4 is 11.1 Å². The molecule has 1 rings (SSSR count). The highest BCUT2D eigenvalue weighted by molar-refractivity contribution is 5.94. The molecular weight excluding hydrogens is 264 g/mol. The SMILES string of the molecule is N[C@@H](CNC(=O)c1ccc(CCC(=O)O)cc1)C(=O)O. The monoisotopic (exact) mass is 280 g/mol. The zero-order valence-corrected chi connectivity index (χ0v) is 10.7. The predicted octanol–water partition coefficient (Wildman–Crippen LogP) is -0.154. The topological polar surface area (TPSA) is 130 Å². The van der Waals surface area contributed by atoms with Crippen molar-refractivity contribution in [1.29, 1.82) is 0 Å². The third kappa shape index (κ3) is 5.07. The number of hydrogen-bond acceptors (Lipinski definition) is 4. The van der Waals surface area contributed by atoms with E-state index in [-0.39, 0.29) is 13.0 Å². The van der Waals surface area contributed by atoms with Gasteiger partial charge in [-0.1, -0.05) is 12.1 Å². The summed E-state index contributed by atoms with van der Waals surface area (Å²) in [6, 6.07) is 5.29. The van der Waals surface area contributed by atoms with Crippen molar-refractivity contribution in [3.63, 3.8) is 0 Å². The number of aliphatic carboxylic acids is 2. The summed E-state index contributed by atoms with van der Waals surface area (Å²) in [6.07, 6.45) is 0.417. The van der Waals surface area contributed by atoms with Crippen molar-refractivity contribution in [2.75, 3.05) is 6.54 Å². The summed E-state index contributed by atoms with van der Waals surface area (Å²) in [5.41, 5.74) is 6.44. The minimum Gasteiger partial charge on any atom is -0.481 e. The molecule has 0 saturated carbocycles. The molecule has 0 heterocycles. The smallest absolute Gasteiger partial charge is 0.322 e. The molecule has 5 N–H and O–H groups in total. The first-order valence-corrected chi connectivity index (χ1v) is 5.97. The van der Waals surface area contributed by atoms with Crippen LogP contribution in [-0.4, -0.2) is 40.6 Å². The maximum atomic E-state index is 11.7. The van der Waals surface area contributed by atoms with Gasteiger partial charge in [0.05, 0.1) is 0 Å². The highest BCUT2D eigenvalue weighted by atomic mass is 16.4. The maximum absolute atomic E-state index is 11.7. The van der Waals surface area contributed by atoms with Crippen molar-refractivity contribution in [2.24, 2.45) is 5.73 Å². The van der Waals surface area contributed by atoms with Gasteiger partial charge >= 0.3 is 11.9 Å². The minimum absolute atomic E-state index is 0.0268. The predicted molar refractivity (Wildman–Crippen MR) is 70.3 cm³/mol. The number of rotatable bonds is 7. The number of nitrogens with one attached hydrogen (secondary N) is 1. The molecule has 1 atom stereocenters. The number of benzene rings is 1. The lowest BCUT2D eigenvalue weighted by molar-refractivity contribution is -0.138. The molecular formula is C13H16N2O5. The van der Waals surface area contributed by atoms with Crippen molar-refractivity contribution >= 4 is 17.8 Å². The molecule has 1 aromatic rings. The van der Waals surface area contributed by atoms with Gasteiger partial charge in [-0.15, -0.1) is 0 Å². The van der Waals surface area contributed by atoms with E-state index in [1.54, 1.807) is 24.3 Å². The standard InChI is InChI=1S/C13H16N2O5/c14-10(13(19)20)7-15-12(18)9-4-1-8(2-5-9)3-6-11(16)17/h1-2,4-5,10H,3,6-7,14H2,(H,15,18)(H,16,17)(H,19,20)/t10-/m0/s1. The van der Waals surface area contributed by atoms with Crippen LogP contribution in [0.2, 0.25) is 0 Å². The van der Waals surface area contributed by atoms with Crippen LogP contribution in [0.15, 0.2) is 24.3 Å². The molecule has 1 amide bonds. The maximum Gasteiger partial charge on any atom is 0.322 e. The van der Waals surface area contributed by atoms with Crippen molar-refractivity contribution in [3.8, 4) is 0 Å². The van der Waals surface area contributed by atoms with Gasteiger partial charge in [0.15, 0.2) is 0 Å². The van der Waals surface area contributed by atoms with Gasteiger partial charge in [-0.25, -0.2) is 0 Å². The van der Waals surface area contributed by atoms with Crippen LogP contribution in [0.1, 0.15) is 22.3 Å². The normalized spacial score (nSPS) is 11.7. The van der Waals surface area contributed by atoms with E-state index < -0.39 is 23.9 Å². The number of carboxylic acid groups (broad SMARTS) is 2. The summed E-state index contributed by atoms with van der Waals surface area (Å²) < 4.78 is 0. The minimum atomic E-state index is -1.19. The first kappa shape index (κ1) is 15.6. The molecule has 7 heteroatoms. The summed E-state index contributed by atoms with van der Waals surface area (Å²) in [5.74, 6) is -2.49. The van der Waals surface area contributed by atoms with Crippen molar-refractivity contribution in [2.45, 2.75) is 18.9 Å². The Balaban J connectivity index is 2.53. The van der Waals surface area contributed by atoms with E-state index in [4.69, 9.17) is 15.9 Å². The average molecular weight is 280 g/mol. The van der Waals surface area contributed by atoms with E-state index in [0.717, 1.165) is 5.56 Å². The molecule has 1 aromatic carbocycles. The van der Waals surface area contributed by atoms with Crippen LogP contribution in [0.4, 0.5) is 0 Å². The summed E-state index contributed by atoms with van der Waals surface area (Å²) >= 11 is 0. The fourth-order valence-corrected chi connectivity index (χ4v) is 1.47. The summed E-state index contributed by atoms with van der Waals surface area (Å²) in [7, 11) is 0. The van der Waals surface area contributed by atoms with Crippen LogP contribution in [0.3, 0.4) is 0 Å². The second kappa shape index (κ2) is 7.25. The van der Waals surface area contributed by atoms with Gasteiger partial charge < -0.3 is 21.3 Å². The third-order valence-electron chi connectivity index (χ3n) is 2.64. The zero-order valence-electron chi connectivity index (χ0n) is 10.7. The van der Waals surface area contributed by atoms with Gasteiger partial charge in [0.1, 0.15) is 6.04 Å². The molecule has 0 aliphatic carbocycles. The van der Waals surface area contributed by atoms with Crippen molar-refractivity contribution in [1.82, 2.24) is 5.32 Å². The number of hydrogen-bond donors (Lipinski definition) is 4. The van der Waals surface area contributed by atoms with E-state index in [0.29, 0.717) is 12.0 Å². The number of aryl methyl sites for hydroxylation is 1. The number of amides is 1. The molecule has 0 radical (unpaired) electrons. The van der Waals surface area contributed by atoms with Crippen molar-refractivity contribution in [3.05, 3.63) is 35.4 Å². The Labute approximate surface area is 115 Å². The second-order valence-electron chi connectivity index (χ2n) is 4.25. The van der Waals surface area contributed by atoms with Crippen LogP contribution in [0, 0.1) is 0 Å². The fraction of sp³-hybridized carbons (Fsp3) is 0.308. The number of carbonyl (C=O) groups is 3. The summed E-state index contributed by atoms with van der Waals surface area (Å²) in [4.78, 5) is 32.6. The van der Waals surface area contributed by atoms with Gasteiger partial charge in [0.25, 0.3) is 5.91 Å². The quantitative estimate of drug-likeness (QED) is 0.549. The summed E-state index contributed by atoms with van der Waals surface area (Å²) in [5, 5.41) is 19.6. The van der Waals surface area contributed by atoms with E-state index in [9.17, 15) is 14.4 Å². The molecule has 0 saturated heterocycles. The van der Waals surface area contributed by atoms with Crippen molar-refractivity contribution < 1.29 is 24.6 Å². The highest BCUT2D eigenvalue weighted by Crippen LogP contribution is 2.07. The molecule has 7 nitrogen and oxygen atoms in total. The van der Waals surface area contributed by atoms with Gasteiger partial charge in [0.2, 0.25) is 0 Å². The Morgan fingerprint density at radius 1 is 1.15 bits per heavy atom. The highest BCUT2D eigenvalue weighted by Gasteiger charge is 2.13. The molecule has 0 spiro atoms. The Bertz CT molecular complexity index is 498. The largest absolute Gasteiger partial charge is 0.481 e. The van der Waals surface area contributed by atoms with Gasteiger partial charge in [-0.05, 0) is 24.1 Å². The first-order valence-electron chi connectivity index (χ1n) is 5.97.